The van der Waals surface area contributed by atoms with Crippen LogP contribution >= 0.6 is 0 Å². The Hall–Kier alpha value is -2.17. The van der Waals surface area contributed by atoms with Crippen LogP contribution in [-0.2, 0) is 20.7 Å². The summed E-state index contributed by atoms with van der Waals surface area (Å²) in [5.41, 5.74) is 1.45. The Balaban J connectivity index is 1.64. The van der Waals surface area contributed by atoms with Gasteiger partial charge in [-0.05, 0) is 43.2 Å². The molecular weight excluding hydrogens is 294 g/mol. The van der Waals surface area contributed by atoms with Crippen LogP contribution in [0.2, 0.25) is 0 Å². The van der Waals surface area contributed by atoms with Crippen molar-refractivity contribution in [3.05, 3.63) is 35.4 Å². The first-order valence-electron chi connectivity index (χ1n) is 8.10. The zero-order valence-electron chi connectivity index (χ0n) is 13.3. The molecule has 5 nitrogen and oxygen atoms in total. The van der Waals surface area contributed by atoms with Crippen LogP contribution in [0.5, 0.6) is 0 Å². The van der Waals surface area contributed by atoms with Gasteiger partial charge in [-0.15, -0.1) is 0 Å². The second kappa shape index (κ2) is 6.52. The highest BCUT2D eigenvalue weighted by atomic mass is 16.5. The number of hydrogen-bond acceptors (Lipinski definition) is 4. The topological polar surface area (TPSA) is 63.7 Å². The van der Waals surface area contributed by atoms with Gasteiger partial charge < -0.3 is 4.74 Å². The summed E-state index contributed by atoms with van der Waals surface area (Å²) >= 11 is 0. The monoisotopic (exact) mass is 315 g/mol. The van der Waals surface area contributed by atoms with E-state index in [1.54, 1.807) is 6.07 Å². The molecule has 122 valence electrons. The van der Waals surface area contributed by atoms with Gasteiger partial charge in [0.1, 0.15) is 0 Å². The summed E-state index contributed by atoms with van der Waals surface area (Å²) < 4.78 is 4.79. The quantitative estimate of drug-likeness (QED) is 0.633. The van der Waals surface area contributed by atoms with Crippen LogP contribution in [0.1, 0.15) is 41.6 Å². The van der Waals surface area contributed by atoms with Gasteiger partial charge in [-0.2, -0.15) is 0 Å². The summed E-state index contributed by atoms with van der Waals surface area (Å²) in [5.74, 6) is -0.225. The lowest BCUT2D eigenvalue weighted by Crippen LogP contribution is -2.45. The standard InChI is InChI=1S/C18H21NO4/c1-23-18(22)13-8-6-12(7-9-13)11-19-16(20)10-14-4-2-3-5-15(14)17(19)21/h2-5,12-13H,6-11H2,1H3/t12-,13-. The Morgan fingerprint density at radius 1 is 1.17 bits per heavy atom. The third-order valence-electron chi connectivity index (χ3n) is 4.96. The first-order valence-corrected chi connectivity index (χ1v) is 8.10. The number of nitrogens with zero attached hydrogens (tertiary/aromatic N) is 1. The molecule has 0 aromatic heterocycles. The summed E-state index contributed by atoms with van der Waals surface area (Å²) in [6, 6.07) is 7.30. The fraction of sp³-hybridized carbons (Fsp3) is 0.500. The maximum Gasteiger partial charge on any atom is 0.308 e. The highest BCUT2D eigenvalue weighted by Crippen LogP contribution is 2.31. The van der Waals surface area contributed by atoms with E-state index in [0.717, 1.165) is 31.2 Å². The van der Waals surface area contributed by atoms with Gasteiger partial charge in [0.2, 0.25) is 5.91 Å². The SMILES string of the molecule is COC(=O)[C@H]1CC[C@H](CN2C(=O)Cc3ccccc3C2=O)CC1. The second-order valence-corrected chi connectivity index (χ2v) is 6.38. The minimum absolute atomic E-state index is 0.0373. The lowest BCUT2D eigenvalue weighted by Gasteiger charge is -2.33. The van der Waals surface area contributed by atoms with Gasteiger partial charge in [-0.25, -0.2) is 0 Å². The number of fused-ring (bicyclic) bond motifs is 1. The highest BCUT2D eigenvalue weighted by Gasteiger charge is 2.34. The third-order valence-corrected chi connectivity index (χ3v) is 4.96. The van der Waals surface area contributed by atoms with E-state index in [1.165, 1.54) is 12.0 Å². The Morgan fingerprint density at radius 2 is 1.87 bits per heavy atom. The van der Waals surface area contributed by atoms with E-state index in [2.05, 4.69) is 0 Å². The summed E-state index contributed by atoms with van der Waals surface area (Å²) in [5, 5.41) is 0. The lowest BCUT2D eigenvalue weighted by atomic mass is 9.81. The lowest BCUT2D eigenvalue weighted by molar-refractivity contribution is -0.147. The second-order valence-electron chi connectivity index (χ2n) is 6.38. The van der Waals surface area contributed by atoms with Gasteiger partial charge in [0, 0.05) is 12.1 Å². The molecule has 0 N–H and O–H groups in total. The number of ether oxygens (including phenoxy) is 1. The van der Waals surface area contributed by atoms with Crippen LogP contribution in [0.4, 0.5) is 0 Å². The molecule has 1 aliphatic heterocycles. The molecule has 0 atom stereocenters. The predicted molar refractivity (Wildman–Crippen MR) is 83.7 cm³/mol. The van der Waals surface area contributed by atoms with E-state index in [1.807, 2.05) is 18.2 Å². The first kappa shape index (κ1) is 15.7. The number of benzene rings is 1. The minimum atomic E-state index is -0.188. The Labute approximate surface area is 135 Å². The molecule has 2 aliphatic rings. The van der Waals surface area contributed by atoms with Crippen molar-refractivity contribution in [3.63, 3.8) is 0 Å². The van der Waals surface area contributed by atoms with Crippen LogP contribution in [0, 0.1) is 11.8 Å². The van der Waals surface area contributed by atoms with Crippen molar-refractivity contribution < 1.29 is 19.1 Å². The summed E-state index contributed by atoms with van der Waals surface area (Å²) in [7, 11) is 1.41. The van der Waals surface area contributed by atoms with Crippen molar-refractivity contribution in [2.45, 2.75) is 32.1 Å². The van der Waals surface area contributed by atoms with Gasteiger partial charge in [-0.1, -0.05) is 18.2 Å². The normalized spacial score (nSPS) is 24.3. The van der Waals surface area contributed by atoms with Crippen LogP contribution in [0.3, 0.4) is 0 Å². The van der Waals surface area contributed by atoms with Crippen LogP contribution in [0.25, 0.3) is 0 Å². The molecule has 1 aromatic rings. The maximum atomic E-state index is 12.6. The number of imide groups is 1. The van der Waals surface area contributed by atoms with Crippen LogP contribution < -0.4 is 0 Å². The first-order chi connectivity index (χ1) is 11.1. The minimum Gasteiger partial charge on any atom is -0.469 e. The Morgan fingerprint density at radius 3 is 2.57 bits per heavy atom. The number of hydrogen-bond donors (Lipinski definition) is 0. The molecule has 5 heteroatoms. The molecule has 2 amide bonds. The molecule has 23 heavy (non-hydrogen) atoms. The van der Waals surface area contributed by atoms with Gasteiger partial charge in [-0.3, -0.25) is 19.3 Å². The number of methoxy groups -OCH3 is 1. The van der Waals surface area contributed by atoms with E-state index in [4.69, 9.17) is 4.74 Å². The zero-order chi connectivity index (χ0) is 16.4. The highest BCUT2D eigenvalue weighted by molar-refractivity contribution is 6.09. The summed E-state index contributed by atoms with van der Waals surface area (Å²) in [6.07, 6.45) is 3.52. The maximum absolute atomic E-state index is 12.6. The van der Waals surface area contributed by atoms with Crippen molar-refractivity contribution in [1.82, 2.24) is 4.90 Å². The van der Waals surface area contributed by atoms with E-state index >= 15 is 0 Å². The molecule has 0 radical (unpaired) electrons. The molecule has 0 saturated heterocycles. The summed E-state index contributed by atoms with van der Waals surface area (Å²) in [4.78, 5) is 37.8. The van der Waals surface area contributed by atoms with Gasteiger partial charge in [0.05, 0.1) is 19.4 Å². The van der Waals surface area contributed by atoms with Crippen molar-refractivity contribution in [1.29, 1.82) is 0 Å². The number of carbonyl (C=O) groups excluding carboxylic acids is 3. The Bertz CT molecular complexity index is 632. The summed E-state index contributed by atoms with van der Waals surface area (Å²) in [6.45, 7) is 0.458. The molecule has 0 spiro atoms. The zero-order valence-corrected chi connectivity index (χ0v) is 13.3. The average molecular weight is 315 g/mol. The van der Waals surface area contributed by atoms with Crippen LogP contribution in [0.15, 0.2) is 24.3 Å². The molecule has 1 aromatic carbocycles. The molecular formula is C18H21NO4. The van der Waals surface area contributed by atoms with Gasteiger partial charge in [0.15, 0.2) is 0 Å². The van der Waals surface area contributed by atoms with E-state index < -0.39 is 0 Å². The Kier molecular flexibility index (Phi) is 4.46. The predicted octanol–water partition coefficient (Wildman–Crippen LogP) is 2.19. The smallest absolute Gasteiger partial charge is 0.308 e. The average Bonchev–Trinajstić information content (AvgIpc) is 2.58. The molecule has 1 fully saturated rings. The van der Waals surface area contributed by atoms with E-state index in [0.29, 0.717) is 18.5 Å². The molecule has 0 bridgehead atoms. The van der Waals surface area contributed by atoms with E-state index in [9.17, 15) is 14.4 Å². The van der Waals surface area contributed by atoms with E-state index in [-0.39, 0.29) is 29.6 Å². The van der Waals surface area contributed by atoms with Crippen molar-refractivity contribution >= 4 is 17.8 Å². The molecule has 1 heterocycles. The number of rotatable bonds is 3. The van der Waals surface area contributed by atoms with Gasteiger partial charge in [0.25, 0.3) is 5.91 Å². The van der Waals surface area contributed by atoms with Crippen molar-refractivity contribution in [3.8, 4) is 0 Å². The molecule has 1 saturated carbocycles. The molecule has 1 aliphatic carbocycles. The number of amides is 2. The fourth-order valence-corrected chi connectivity index (χ4v) is 3.59. The third kappa shape index (κ3) is 3.14. The number of carbonyl (C=O) groups is 3. The van der Waals surface area contributed by atoms with Crippen LogP contribution in [-0.4, -0.2) is 36.3 Å². The van der Waals surface area contributed by atoms with Crippen molar-refractivity contribution in [2.75, 3.05) is 13.7 Å². The molecule has 0 unspecified atom stereocenters. The van der Waals surface area contributed by atoms with Crippen molar-refractivity contribution in [2.24, 2.45) is 11.8 Å². The number of esters is 1. The fourth-order valence-electron chi connectivity index (χ4n) is 3.59. The molecule has 3 rings (SSSR count). The largest absolute Gasteiger partial charge is 0.469 e. The van der Waals surface area contributed by atoms with Gasteiger partial charge >= 0.3 is 5.97 Å².